The highest BCUT2D eigenvalue weighted by molar-refractivity contribution is 5.15. The molecule has 0 bridgehead atoms. The van der Waals surface area contributed by atoms with Crippen molar-refractivity contribution in [1.29, 1.82) is 0 Å². The summed E-state index contributed by atoms with van der Waals surface area (Å²) in [5, 5.41) is 3.30. The first-order valence-electron chi connectivity index (χ1n) is 6.99. The number of nitrogens with one attached hydrogen (secondary N) is 1. The SMILES string of the molecule is CCCCCn1c(C)ccc(CNC(C)C)c1=O. The second-order valence-corrected chi connectivity index (χ2v) is 5.20. The predicted octanol–water partition coefficient (Wildman–Crippen LogP) is 2.84. The van der Waals surface area contributed by atoms with Crippen LogP contribution < -0.4 is 10.9 Å². The highest BCUT2D eigenvalue weighted by Crippen LogP contribution is 2.03. The monoisotopic (exact) mass is 250 g/mol. The summed E-state index contributed by atoms with van der Waals surface area (Å²) >= 11 is 0. The fraction of sp³-hybridized carbons (Fsp3) is 0.667. The van der Waals surface area contributed by atoms with Crippen molar-refractivity contribution < 1.29 is 0 Å². The molecule has 0 atom stereocenters. The normalized spacial score (nSPS) is 11.2. The molecule has 0 aliphatic heterocycles. The topological polar surface area (TPSA) is 34.0 Å². The van der Waals surface area contributed by atoms with Crippen molar-refractivity contribution in [3.63, 3.8) is 0 Å². The van der Waals surface area contributed by atoms with Crippen LogP contribution in [0.1, 0.15) is 51.3 Å². The van der Waals surface area contributed by atoms with Gasteiger partial charge in [-0.1, -0.05) is 39.7 Å². The Morgan fingerprint density at radius 1 is 1.28 bits per heavy atom. The molecule has 0 fully saturated rings. The quantitative estimate of drug-likeness (QED) is 0.755. The minimum atomic E-state index is 0.166. The van der Waals surface area contributed by atoms with Crippen molar-refractivity contribution in [2.24, 2.45) is 0 Å². The molecule has 0 saturated carbocycles. The van der Waals surface area contributed by atoms with E-state index in [1.807, 2.05) is 23.6 Å². The molecule has 0 spiro atoms. The van der Waals surface area contributed by atoms with Crippen molar-refractivity contribution in [2.45, 2.75) is 66.1 Å². The molecule has 0 aromatic carbocycles. The van der Waals surface area contributed by atoms with E-state index in [1.54, 1.807) is 0 Å². The number of hydrogen-bond donors (Lipinski definition) is 1. The Balaban J connectivity index is 2.82. The van der Waals surface area contributed by atoms with Crippen LogP contribution >= 0.6 is 0 Å². The van der Waals surface area contributed by atoms with Gasteiger partial charge in [0.15, 0.2) is 0 Å². The third kappa shape index (κ3) is 4.30. The van der Waals surface area contributed by atoms with Crippen LogP contribution in [-0.2, 0) is 13.1 Å². The van der Waals surface area contributed by atoms with E-state index in [9.17, 15) is 4.79 Å². The van der Waals surface area contributed by atoms with Crippen molar-refractivity contribution in [1.82, 2.24) is 9.88 Å². The molecule has 1 heterocycles. The number of unbranched alkanes of at least 4 members (excludes halogenated alkanes) is 2. The molecular weight excluding hydrogens is 224 g/mol. The Labute approximate surface area is 110 Å². The minimum absolute atomic E-state index is 0.166. The van der Waals surface area contributed by atoms with E-state index < -0.39 is 0 Å². The molecule has 3 heteroatoms. The van der Waals surface area contributed by atoms with Crippen LogP contribution in [0.3, 0.4) is 0 Å². The molecule has 3 nitrogen and oxygen atoms in total. The van der Waals surface area contributed by atoms with Gasteiger partial charge in [-0.05, 0) is 19.4 Å². The first kappa shape index (κ1) is 15.0. The molecule has 0 saturated heterocycles. The number of rotatable bonds is 7. The highest BCUT2D eigenvalue weighted by Gasteiger charge is 2.06. The first-order chi connectivity index (χ1) is 8.56. The maximum atomic E-state index is 12.3. The molecule has 0 amide bonds. The number of aromatic nitrogens is 1. The van der Waals surface area contributed by atoms with E-state index in [1.165, 1.54) is 12.8 Å². The van der Waals surface area contributed by atoms with Crippen molar-refractivity contribution in [2.75, 3.05) is 0 Å². The molecular formula is C15H26N2O. The maximum Gasteiger partial charge on any atom is 0.255 e. The third-order valence-electron chi connectivity index (χ3n) is 3.16. The Bertz CT molecular complexity index is 421. The van der Waals surface area contributed by atoms with E-state index in [0.717, 1.165) is 24.2 Å². The summed E-state index contributed by atoms with van der Waals surface area (Å²) < 4.78 is 1.91. The van der Waals surface area contributed by atoms with Crippen molar-refractivity contribution in [3.05, 3.63) is 33.7 Å². The Hall–Kier alpha value is -1.09. The molecule has 0 unspecified atom stereocenters. The number of aryl methyl sites for hydroxylation is 1. The van der Waals surface area contributed by atoms with Gasteiger partial charge in [-0.15, -0.1) is 0 Å². The summed E-state index contributed by atoms with van der Waals surface area (Å²) in [5.74, 6) is 0. The van der Waals surface area contributed by atoms with E-state index in [4.69, 9.17) is 0 Å². The first-order valence-corrected chi connectivity index (χ1v) is 6.99. The summed E-state index contributed by atoms with van der Waals surface area (Å²) in [7, 11) is 0. The lowest BCUT2D eigenvalue weighted by molar-refractivity contribution is 0.554. The Morgan fingerprint density at radius 3 is 2.61 bits per heavy atom. The molecule has 1 N–H and O–H groups in total. The van der Waals surface area contributed by atoms with Crippen molar-refractivity contribution in [3.8, 4) is 0 Å². The van der Waals surface area contributed by atoms with Gasteiger partial charge in [0.1, 0.15) is 0 Å². The van der Waals surface area contributed by atoms with Crippen LogP contribution in [0.5, 0.6) is 0 Å². The van der Waals surface area contributed by atoms with E-state index in [2.05, 4.69) is 26.1 Å². The maximum absolute atomic E-state index is 12.3. The lowest BCUT2D eigenvalue weighted by atomic mass is 10.2. The van der Waals surface area contributed by atoms with E-state index in [0.29, 0.717) is 12.6 Å². The smallest absolute Gasteiger partial charge is 0.255 e. The van der Waals surface area contributed by atoms with Crippen LogP contribution in [0.4, 0.5) is 0 Å². The zero-order chi connectivity index (χ0) is 13.5. The molecule has 0 aliphatic rings. The summed E-state index contributed by atoms with van der Waals surface area (Å²) in [6.07, 6.45) is 3.45. The average Bonchev–Trinajstić information content (AvgIpc) is 2.32. The zero-order valence-electron chi connectivity index (χ0n) is 12.1. The van der Waals surface area contributed by atoms with Gasteiger partial charge in [0.2, 0.25) is 0 Å². The molecule has 1 aromatic rings. The molecule has 102 valence electrons. The van der Waals surface area contributed by atoms with Crippen LogP contribution in [-0.4, -0.2) is 10.6 Å². The van der Waals surface area contributed by atoms with Crippen LogP contribution in [0.2, 0.25) is 0 Å². The molecule has 0 radical (unpaired) electrons. The molecule has 1 aromatic heterocycles. The number of hydrogen-bond acceptors (Lipinski definition) is 2. The third-order valence-corrected chi connectivity index (χ3v) is 3.16. The zero-order valence-corrected chi connectivity index (χ0v) is 12.1. The van der Waals surface area contributed by atoms with E-state index in [-0.39, 0.29) is 5.56 Å². The Kier molecular flexibility index (Phi) is 6.13. The number of pyridine rings is 1. The number of nitrogens with zero attached hydrogens (tertiary/aromatic N) is 1. The summed E-state index contributed by atoms with van der Waals surface area (Å²) in [4.78, 5) is 12.3. The van der Waals surface area contributed by atoms with Crippen LogP contribution in [0, 0.1) is 6.92 Å². The fourth-order valence-corrected chi connectivity index (χ4v) is 1.96. The Morgan fingerprint density at radius 2 is 2.00 bits per heavy atom. The van der Waals surface area contributed by atoms with Crippen LogP contribution in [0.25, 0.3) is 0 Å². The average molecular weight is 250 g/mol. The molecule has 1 rings (SSSR count). The standard InChI is InChI=1S/C15H26N2O/c1-5-6-7-10-17-13(4)8-9-14(15(17)18)11-16-12(2)3/h8-9,12,16H,5-7,10-11H2,1-4H3. The van der Waals surface area contributed by atoms with Gasteiger partial charge >= 0.3 is 0 Å². The van der Waals surface area contributed by atoms with Gasteiger partial charge in [0.25, 0.3) is 5.56 Å². The van der Waals surface area contributed by atoms with Crippen molar-refractivity contribution >= 4 is 0 Å². The fourth-order valence-electron chi connectivity index (χ4n) is 1.96. The minimum Gasteiger partial charge on any atom is -0.313 e. The van der Waals surface area contributed by atoms with Gasteiger partial charge in [0, 0.05) is 30.4 Å². The summed E-state index contributed by atoms with van der Waals surface area (Å²) in [6, 6.07) is 4.40. The van der Waals surface area contributed by atoms with Crippen LogP contribution in [0.15, 0.2) is 16.9 Å². The summed E-state index contributed by atoms with van der Waals surface area (Å²) in [6.45, 7) is 9.87. The predicted molar refractivity (Wildman–Crippen MR) is 76.9 cm³/mol. The lowest BCUT2D eigenvalue weighted by Crippen LogP contribution is -2.30. The van der Waals surface area contributed by atoms with E-state index >= 15 is 0 Å². The lowest BCUT2D eigenvalue weighted by Gasteiger charge is -2.13. The second kappa shape index (κ2) is 7.37. The largest absolute Gasteiger partial charge is 0.313 e. The molecule has 18 heavy (non-hydrogen) atoms. The van der Waals surface area contributed by atoms with Gasteiger partial charge in [-0.2, -0.15) is 0 Å². The highest BCUT2D eigenvalue weighted by atomic mass is 16.1. The van der Waals surface area contributed by atoms with Gasteiger partial charge in [-0.25, -0.2) is 0 Å². The molecule has 0 aliphatic carbocycles. The van der Waals surface area contributed by atoms with Gasteiger partial charge < -0.3 is 9.88 Å². The second-order valence-electron chi connectivity index (χ2n) is 5.20. The summed E-state index contributed by atoms with van der Waals surface area (Å²) in [5.41, 5.74) is 2.09. The van der Waals surface area contributed by atoms with Gasteiger partial charge in [-0.3, -0.25) is 4.79 Å². The van der Waals surface area contributed by atoms with Gasteiger partial charge in [0.05, 0.1) is 0 Å².